The lowest BCUT2D eigenvalue weighted by molar-refractivity contribution is 0.0691. The number of hydrogen-bond acceptors (Lipinski definition) is 3. The lowest BCUT2D eigenvalue weighted by atomic mass is 10.1. The molecular formula is C14H20FNO3. The van der Waals surface area contributed by atoms with Gasteiger partial charge in [0.1, 0.15) is 5.82 Å². The fourth-order valence-corrected chi connectivity index (χ4v) is 1.99. The molecule has 1 aromatic carbocycles. The summed E-state index contributed by atoms with van der Waals surface area (Å²) in [6.07, 6.45) is 0. The molecule has 0 aliphatic heterocycles. The maximum absolute atomic E-state index is 13.6. The van der Waals surface area contributed by atoms with Crippen LogP contribution in [0.15, 0.2) is 18.2 Å². The molecule has 0 bridgehead atoms. The van der Waals surface area contributed by atoms with Crippen molar-refractivity contribution in [3.05, 3.63) is 35.1 Å². The van der Waals surface area contributed by atoms with Crippen molar-refractivity contribution in [3.63, 3.8) is 0 Å². The van der Waals surface area contributed by atoms with Gasteiger partial charge in [-0.3, -0.25) is 4.90 Å². The highest BCUT2D eigenvalue weighted by molar-refractivity contribution is 5.87. The number of carboxylic acid groups (broad SMARTS) is 1. The van der Waals surface area contributed by atoms with Crippen LogP contribution < -0.4 is 0 Å². The van der Waals surface area contributed by atoms with Gasteiger partial charge in [-0.2, -0.15) is 0 Å². The number of ether oxygens (including phenoxy) is 1. The van der Waals surface area contributed by atoms with Crippen LogP contribution in [0.4, 0.5) is 4.39 Å². The smallest absolute Gasteiger partial charge is 0.338 e. The van der Waals surface area contributed by atoms with E-state index < -0.39 is 11.8 Å². The van der Waals surface area contributed by atoms with E-state index >= 15 is 0 Å². The Balaban J connectivity index is 2.81. The van der Waals surface area contributed by atoms with Gasteiger partial charge in [0, 0.05) is 19.7 Å². The standard InChI is InChI=1S/C14H20FNO3/c1-4-16(10(2)9-19-3)8-11-5-6-12(14(17)18)13(15)7-11/h5-7,10H,4,8-9H2,1-3H3,(H,17,18). The van der Waals surface area contributed by atoms with Crippen molar-refractivity contribution in [2.75, 3.05) is 20.3 Å². The first-order chi connectivity index (χ1) is 8.99. The molecule has 0 saturated heterocycles. The minimum absolute atomic E-state index is 0.220. The summed E-state index contributed by atoms with van der Waals surface area (Å²) >= 11 is 0. The van der Waals surface area contributed by atoms with Crippen LogP contribution in [0.25, 0.3) is 0 Å². The molecular weight excluding hydrogens is 249 g/mol. The van der Waals surface area contributed by atoms with Crippen LogP contribution in [0.3, 0.4) is 0 Å². The van der Waals surface area contributed by atoms with Gasteiger partial charge in [-0.05, 0) is 31.2 Å². The van der Waals surface area contributed by atoms with Gasteiger partial charge in [0.15, 0.2) is 0 Å². The summed E-state index contributed by atoms with van der Waals surface area (Å²) < 4.78 is 18.7. The third kappa shape index (κ3) is 4.29. The average molecular weight is 269 g/mol. The molecule has 0 spiro atoms. The molecule has 1 N–H and O–H groups in total. The van der Waals surface area contributed by atoms with Crippen LogP contribution in [-0.4, -0.2) is 42.3 Å². The van der Waals surface area contributed by atoms with Crippen LogP contribution in [0.1, 0.15) is 29.8 Å². The van der Waals surface area contributed by atoms with Gasteiger partial charge in [0.25, 0.3) is 0 Å². The fourth-order valence-electron chi connectivity index (χ4n) is 1.99. The number of halogens is 1. The third-order valence-corrected chi connectivity index (χ3v) is 3.09. The Kier molecular flexibility index (Phi) is 5.92. The van der Waals surface area contributed by atoms with Gasteiger partial charge in [-0.1, -0.05) is 13.0 Å². The van der Waals surface area contributed by atoms with Crippen molar-refractivity contribution in [1.82, 2.24) is 4.90 Å². The summed E-state index contributed by atoms with van der Waals surface area (Å²) in [4.78, 5) is 12.9. The Morgan fingerprint density at radius 3 is 2.68 bits per heavy atom. The highest BCUT2D eigenvalue weighted by atomic mass is 19.1. The third-order valence-electron chi connectivity index (χ3n) is 3.09. The number of benzene rings is 1. The van der Waals surface area contributed by atoms with E-state index in [4.69, 9.17) is 9.84 Å². The van der Waals surface area contributed by atoms with Crippen molar-refractivity contribution >= 4 is 5.97 Å². The molecule has 4 nitrogen and oxygen atoms in total. The fraction of sp³-hybridized carbons (Fsp3) is 0.500. The molecule has 0 saturated carbocycles. The monoisotopic (exact) mass is 269 g/mol. The predicted molar refractivity (Wildman–Crippen MR) is 70.8 cm³/mol. The number of likely N-dealkylation sites (N-methyl/N-ethyl adjacent to an activating group) is 1. The molecule has 1 unspecified atom stereocenters. The van der Waals surface area contributed by atoms with E-state index in [0.29, 0.717) is 13.2 Å². The molecule has 0 fully saturated rings. The van der Waals surface area contributed by atoms with Crippen LogP contribution >= 0.6 is 0 Å². The summed E-state index contributed by atoms with van der Waals surface area (Å²) in [5.74, 6) is -1.94. The molecule has 1 atom stereocenters. The molecule has 0 radical (unpaired) electrons. The van der Waals surface area contributed by atoms with Crippen LogP contribution in [-0.2, 0) is 11.3 Å². The van der Waals surface area contributed by atoms with E-state index in [-0.39, 0.29) is 11.6 Å². The molecule has 0 aromatic heterocycles. The first-order valence-corrected chi connectivity index (χ1v) is 6.24. The highest BCUT2D eigenvalue weighted by Crippen LogP contribution is 2.14. The van der Waals surface area contributed by atoms with Gasteiger partial charge in [-0.25, -0.2) is 9.18 Å². The molecule has 106 valence electrons. The summed E-state index contributed by atoms with van der Waals surface area (Å²) in [5, 5.41) is 8.78. The Labute approximate surface area is 112 Å². The van der Waals surface area contributed by atoms with E-state index in [1.165, 1.54) is 12.1 Å². The summed E-state index contributed by atoms with van der Waals surface area (Å²) in [5.41, 5.74) is 0.462. The SMILES string of the molecule is CCN(Cc1ccc(C(=O)O)c(F)c1)C(C)COC. The molecule has 1 rings (SSSR count). The Bertz CT molecular complexity index is 437. The van der Waals surface area contributed by atoms with Crippen molar-refractivity contribution in [2.24, 2.45) is 0 Å². The Morgan fingerprint density at radius 1 is 1.53 bits per heavy atom. The zero-order valence-corrected chi connectivity index (χ0v) is 11.5. The topological polar surface area (TPSA) is 49.8 Å². The minimum atomic E-state index is -1.25. The van der Waals surface area contributed by atoms with Crippen molar-refractivity contribution in [3.8, 4) is 0 Å². The number of nitrogens with zero attached hydrogens (tertiary/aromatic N) is 1. The number of aromatic carboxylic acids is 1. The van der Waals surface area contributed by atoms with Crippen molar-refractivity contribution in [1.29, 1.82) is 0 Å². The molecule has 5 heteroatoms. The van der Waals surface area contributed by atoms with Gasteiger partial charge in [0.2, 0.25) is 0 Å². The van der Waals surface area contributed by atoms with Gasteiger partial charge in [0.05, 0.1) is 12.2 Å². The van der Waals surface area contributed by atoms with Crippen molar-refractivity contribution in [2.45, 2.75) is 26.4 Å². The first-order valence-electron chi connectivity index (χ1n) is 6.24. The van der Waals surface area contributed by atoms with E-state index in [1.54, 1.807) is 13.2 Å². The Morgan fingerprint density at radius 2 is 2.21 bits per heavy atom. The van der Waals surface area contributed by atoms with E-state index in [2.05, 4.69) is 4.90 Å². The molecule has 0 heterocycles. The van der Waals surface area contributed by atoms with E-state index in [9.17, 15) is 9.18 Å². The maximum atomic E-state index is 13.6. The van der Waals surface area contributed by atoms with E-state index in [0.717, 1.165) is 12.1 Å². The molecule has 0 aliphatic carbocycles. The second-order valence-electron chi connectivity index (χ2n) is 4.49. The molecule has 0 amide bonds. The number of carbonyl (C=O) groups is 1. The van der Waals surface area contributed by atoms with Crippen molar-refractivity contribution < 1.29 is 19.0 Å². The first kappa shape index (κ1) is 15.6. The largest absolute Gasteiger partial charge is 0.478 e. The second kappa shape index (κ2) is 7.21. The zero-order chi connectivity index (χ0) is 14.4. The number of methoxy groups -OCH3 is 1. The predicted octanol–water partition coefficient (Wildman–Crippen LogP) is 2.38. The van der Waals surface area contributed by atoms with Crippen LogP contribution in [0.2, 0.25) is 0 Å². The quantitative estimate of drug-likeness (QED) is 0.825. The van der Waals surface area contributed by atoms with Gasteiger partial charge >= 0.3 is 5.97 Å². The van der Waals surface area contributed by atoms with Crippen LogP contribution in [0, 0.1) is 5.82 Å². The second-order valence-corrected chi connectivity index (χ2v) is 4.49. The summed E-state index contributed by atoms with van der Waals surface area (Å²) in [6.45, 7) is 6.04. The van der Waals surface area contributed by atoms with Crippen LogP contribution in [0.5, 0.6) is 0 Å². The zero-order valence-electron chi connectivity index (χ0n) is 11.5. The van der Waals surface area contributed by atoms with Gasteiger partial charge < -0.3 is 9.84 Å². The minimum Gasteiger partial charge on any atom is -0.478 e. The lowest BCUT2D eigenvalue weighted by Crippen LogP contribution is -2.35. The molecule has 1 aromatic rings. The molecule has 19 heavy (non-hydrogen) atoms. The van der Waals surface area contributed by atoms with Gasteiger partial charge in [-0.15, -0.1) is 0 Å². The summed E-state index contributed by atoms with van der Waals surface area (Å²) in [6, 6.07) is 4.46. The average Bonchev–Trinajstić information content (AvgIpc) is 2.35. The normalized spacial score (nSPS) is 12.7. The highest BCUT2D eigenvalue weighted by Gasteiger charge is 2.15. The van der Waals surface area contributed by atoms with E-state index in [1.807, 2.05) is 13.8 Å². The lowest BCUT2D eigenvalue weighted by Gasteiger charge is -2.27. The summed E-state index contributed by atoms with van der Waals surface area (Å²) in [7, 11) is 1.64. The number of carboxylic acids is 1. The number of rotatable bonds is 7. The molecule has 0 aliphatic rings. The maximum Gasteiger partial charge on any atom is 0.338 e. The Hall–Kier alpha value is -1.46. The number of hydrogen-bond donors (Lipinski definition) is 1.